The fourth-order valence-electron chi connectivity index (χ4n) is 5.03. The first-order chi connectivity index (χ1) is 17.4. The van der Waals surface area contributed by atoms with Crippen molar-refractivity contribution in [2.45, 2.75) is 52.5 Å². The van der Waals surface area contributed by atoms with Gasteiger partial charge in [-0.25, -0.2) is 4.98 Å². The van der Waals surface area contributed by atoms with Crippen molar-refractivity contribution in [3.63, 3.8) is 0 Å². The van der Waals surface area contributed by atoms with Crippen LogP contribution in [0.2, 0.25) is 5.02 Å². The van der Waals surface area contributed by atoms with Crippen LogP contribution in [0.25, 0.3) is 11.0 Å². The van der Waals surface area contributed by atoms with Crippen molar-refractivity contribution >= 4 is 34.2 Å². The standard InChI is InChI=1S/C30H32ClN3O2/c1-20-10-11-21(2)28(16-20)34-19-23(18-29(34)35)30-32-26-8-4-5-9-27(26)33(30)14-6-7-15-36-24-12-13-25(31)22(3)17-24/h4-5,8-13,16-17,23H,6-7,14-15,18-19H2,1-3H3. The van der Waals surface area contributed by atoms with Gasteiger partial charge in [0.25, 0.3) is 0 Å². The number of benzene rings is 3. The number of para-hydroxylation sites is 2. The van der Waals surface area contributed by atoms with Crippen molar-refractivity contribution in [1.82, 2.24) is 9.55 Å². The summed E-state index contributed by atoms with van der Waals surface area (Å²) in [7, 11) is 0. The molecular weight excluding hydrogens is 470 g/mol. The Morgan fingerprint density at radius 1 is 1.00 bits per heavy atom. The van der Waals surface area contributed by atoms with E-state index < -0.39 is 0 Å². The van der Waals surface area contributed by atoms with Crippen LogP contribution in [0.1, 0.15) is 47.7 Å². The van der Waals surface area contributed by atoms with Gasteiger partial charge in [-0.1, -0.05) is 35.9 Å². The van der Waals surface area contributed by atoms with E-state index in [2.05, 4.69) is 54.8 Å². The molecule has 0 bridgehead atoms. The van der Waals surface area contributed by atoms with Crippen molar-refractivity contribution in [3.05, 3.63) is 88.2 Å². The number of anilines is 1. The van der Waals surface area contributed by atoms with Gasteiger partial charge in [0.15, 0.2) is 0 Å². The number of ether oxygens (including phenoxy) is 1. The van der Waals surface area contributed by atoms with Crippen LogP contribution < -0.4 is 9.64 Å². The second-order valence-electron chi connectivity index (χ2n) is 9.77. The van der Waals surface area contributed by atoms with E-state index in [1.165, 1.54) is 0 Å². The summed E-state index contributed by atoms with van der Waals surface area (Å²) in [5.74, 6) is 2.09. The number of carbonyl (C=O) groups excluding carboxylic acids is 1. The van der Waals surface area contributed by atoms with E-state index >= 15 is 0 Å². The lowest BCUT2D eigenvalue weighted by molar-refractivity contribution is -0.117. The van der Waals surface area contributed by atoms with E-state index in [4.69, 9.17) is 21.3 Å². The Balaban J connectivity index is 1.30. The number of carbonyl (C=O) groups is 1. The molecule has 4 aromatic rings. The number of unbranched alkanes of at least 4 members (excludes halogenated alkanes) is 1. The first-order valence-electron chi connectivity index (χ1n) is 12.6. The number of aryl methyl sites for hydroxylation is 4. The molecule has 5 rings (SSSR count). The summed E-state index contributed by atoms with van der Waals surface area (Å²) in [5.41, 5.74) is 6.43. The number of fused-ring (bicyclic) bond motifs is 1. The molecule has 0 spiro atoms. The molecule has 3 aromatic carbocycles. The smallest absolute Gasteiger partial charge is 0.227 e. The van der Waals surface area contributed by atoms with Gasteiger partial charge in [0.05, 0.1) is 17.6 Å². The highest BCUT2D eigenvalue weighted by Crippen LogP contribution is 2.35. The zero-order chi connectivity index (χ0) is 25.2. The van der Waals surface area contributed by atoms with Crippen LogP contribution in [-0.4, -0.2) is 28.6 Å². The Bertz CT molecular complexity index is 1410. The molecule has 1 aromatic heterocycles. The van der Waals surface area contributed by atoms with Gasteiger partial charge in [0, 0.05) is 36.1 Å². The summed E-state index contributed by atoms with van der Waals surface area (Å²) in [6.45, 7) is 8.26. The summed E-state index contributed by atoms with van der Waals surface area (Å²) in [5, 5.41) is 0.753. The van der Waals surface area contributed by atoms with Crippen LogP contribution in [-0.2, 0) is 11.3 Å². The van der Waals surface area contributed by atoms with Gasteiger partial charge in [-0.2, -0.15) is 0 Å². The molecule has 1 unspecified atom stereocenters. The topological polar surface area (TPSA) is 47.4 Å². The van der Waals surface area contributed by atoms with Gasteiger partial charge in [-0.15, -0.1) is 0 Å². The van der Waals surface area contributed by atoms with Crippen LogP contribution >= 0.6 is 11.6 Å². The molecule has 6 heteroatoms. The normalized spacial score (nSPS) is 15.7. The summed E-state index contributed by atoms with van der Waals surface area (Å²) >= 11 is 6.12. The van der Waals surface area contributed by atoms with Crippen LogP contribution in [0, 0.1) is 20.8 Å². The number of halogens is 1. The zero-order valence-corrected chi connectivity index (χ0v) is 21.9. The van der Waals surface area contributed by atoms with Crippen LogP contribution in [0.4, 0.5) is 5.69 Å². The molecule has 5 nitrogen and oxygen atoms in total. The third kappa shape index (κ3) is 4.98. The zero-order valence-electron chi connectivity index (χ0n) is 21.1. The van der Waals surface area contributed by atoms with E-state index in [-0.39, 0.29) is 11.8 Å². The Labute approximate surface area is 217 Å². The minimum absolute atomic E-state index is 0.0677. The summed E-state index contributed by atoms with van der Waals surface area (Å²) in [6.07, 6.45) is 2.36. The summed E-state index contributed by atoms with van der Waals surface area (Å²) in [6, 6.07) is 20.3. The summed E-state index contributed by atoms with van der Waals surface area (Å²) < 4.78 is 8.25. The van der Waals surface area contributed by atoms with Crippen molar-refractivity contribution < 1.29 is 9.53 Å². The number of imidazole rings is 1. The molecule has 0 saturated carbocycles. The van der Waals surface area contributed by atoms with Crippen molar-refractivity contribution in [1.29, 1.82) is 0 Å². The van der Waals surface area contributed by atoms with Crippen molar-refractivity contribution in [2.24, 2.45) is 0 Å². The molecule has 0 radical (unpaired) electrons. The quantitative estimate of drug-likeness (QED) is 0.244. The Kier molecular flexibility index (Phi) is 7.01. The molecule has 1 saturated heterocycles. The lowest BCUT2D eigenvalue weighted by Gasteiger charge is -2.20. The maximum Gasteiger partial charge on any atom is 0.227 e. The van der Waals surface area contributed by atoms with Gasteiger partial charge >= 0.3 is 0 Å². The Hall–Kier alpha value is -3.31. The largest absolute Gasteiger partial charge is 0.494 e. The van der Waals surface area contributed by atoms with Gasteiger partial charge < -0.3 is 14.2 Å². The number of nitrogens with zero attached hydrogens (tertiary/aromatic N) is 3. The molecule has 1 aliphatic heterocycles. The number of amides is 1. The van der Waals surface area contributed by atoms with Crippen molar-refractivity contribution in [3.8, 4) is 5.75 Å². The van der Waals surface area contributed by atoms with Crippen LogP contribution in [0.5, 0.6) is 5.75 Å². The molecule has 2 heterocycles. The molecule has 36 heavy (non-hydrogen) atoms. The average molecular weight is 502 g/mol. The first-order valence-corrected chi connectivity index (χ1v) is 13.0. The number of hydrogen-bond donors (Lipinski definition) is 0. The average Bonchev–Trinajstić information content (AvgIpc) is 3.43. The van der Waals surface area contributed by atoms with E-state index in [0.29, 0.717) is 19.6 Å². The van der Waals surface area contributed by atoms with E-state index in [1.807, 2.05) is 36.1 Å². The maximum absolute atomic E-state index is 13.1. The highest BCUT2D eigenvalue weighted by atomic mass is 35.5. The second-order valence-corrected chi connectivity index (χ2v) is 10.2. The lowest BCUT2D eigenvalue weighted by atomic mass is 10.1. The Morgan fingerprint density at radius 3 is 2.67 bits per heavy atom. The Morgan fingerprint density at radius 2 is 1.83 bits per heavy atom. The lowest BCUT2D eigenvalue weighted by Crippen LogP contribution is -2.25. The fourth-order valence-corrected chi connectivity index (χ4v) is 5.15. The SMILES string of the molecule is Cc1ccc(C)c(N2CC(c3nc4ccccc4n3CCCCOc3ccc(Cl)c(C)c3)CC2=O)c1. The van der Waals surface area contributed by atoms with Crippen LogP contribution in [0.3, 0.4) is 0 Å². The van der Waals surface area contributed by atoms with Gasteiger partial charge in [-0.05, 0) is 86.7 Å². The minimum Gasteiger partial charge on any atom is -0.494 e. The summed E-state index contributed by atoms with van der Waals surface area (Å²) in [4.78, 5) is 20.0. The molecule has 1 fully saturated rings. The third-order valence-corrected chi connectivity index (χ3v) is 7.43. The molecule has 0 N–H and O–H groups in total. The maximum atomic E-state index is 13.1. The monoisotopic (exact) mass is 501 g/mol. The number of rotatable bonds is 8. The molecule has 1 aliphatic rings. The molecule has 186 valence electrons. The fraction of sp³-hybridized carbons (Fsp3) is 0.333. The predicted octanol–water partition coefficient (Wildman–Crippen LogP) is 6.99. The number of hydrogen-bond acceptors (Lipinski definition) is 3. The van der Waals surface area contributed by atoms with E-state index in [0.717, 1.165) is 69.4 Å². The highest BCUT2D eigenvalue weighted by Gasteiger charge is 2.35. The van der Waals surface area contributed by atoms with Crippen molar-refractivity contribution in [2.75, 3.05) is 18.1 Å². The van der Waals surface area contributed by atoms with Gasteiger partial charge in [0.1, 0.15) is 11.6 Å². The third-order valence-electron chi connectivity index (χ3n) is 7.00. The van der Waals surface area contributed by atoms with Gasteiger partial charge in [0.2, 0.25) is 5.91 Å². The van der Waals surface area contributed by atoms with E-state index in [9.17, 15) is 4.79 Å². The number of aromatic nitrogens is 2. The highest BCUT2D eigenvalue weighted by molar-refractivity contribution is 6.31. The van der Waals surface area contributed by atoms with Gasteiger partial charge in [-0.3, -0.25) is 4.79 Å². The molecule has 1 amide bonds. The second kappa shape index (κ2) is 10.4. The van der Waals surface area contributed by atoms with Crippen LogP contribution in [0.15, 0.2) is 60.7 Å². The predicted molar refractivity (Wildman–Crippen MR) is 146 cm³/mol. The minimum atomic E-state index is 0.0677. The molecule has 1 atom stereocenters. The van der Waals surface area contributed by atoms with E-state index in [1.54, 1.807) is 0 Å². The molecule has 0 aliphatic carbocycles. The molecular formula is C30H32ClN3O2. The first kappa shape index (κ1) is 24.4.